The summed E-state index contributed by atoms with van der Waals surface area (Å²) in [5, 5.41) is 10.1. The molecule has 0 aliphatic rings. The lowest BCUT2D eigenvalue weighted by atomic mass is 10.2. The lowest BCUT2D eigenvalue weighted by Gasteiger charge is -2.22. The van der Waals surface area contributed by atoms with Crippen molar-refractivity contribution >= 4 is 17.2 Å². The minimum atomic E-state index is -0.108. The van der Waals surface area contributed by atoms with E-state index in [0.717, 1.165) is 22.0 Å². The Morgan fingerprint density at radius 2 is 2.09 bits per heavy atom. The number of ether oxygens (including phenoxy) is 1. The molecule has 0 bridgehead atoms. The van der Waals surface area contributed by atoms with Gasteiger partial charge in [-0.3, -0.25) is 4.79 Å². The fourth-order valence-electron chi connectivity index (χ4n) is 2.29. The number of aromatic nitrogens is 1. The Kier molecular flexibility index (Phi) is 5.51. The van der Waals surface area contributed by atoms with Gasteiger partial charge in [0, 0.05) is 18.7 Å². The maximum absolute atomic E-state index is 12.7. The summed E-state index contributed by atoms with van der Waals surface area (Å²) >= 11 is 1.38. The first-order valence-corrected chi connectivity index (χ1v) is 7.84. The normalized spacial score (nSPS) is 10.5. The number of aliphatic hydroxyl groups is 1. The summed E-state index contributed by atoms with van der Waals surface area (Å²) in [4.78, 5) is 19.3. The van der Waals surface area contributed by atoms with Crippen LogP contribution in [0.1, 0.15) is 25.9 Å². The van der Waals surface area contributed by atoms with E-state index in [1.165, 1.54) is 11.3 Å². The smallest absolute Gasteiger partial charge is 0.266 e. The average molecular weight is 320 g/mol. The van der Waals surface area contributed by atoms with Crippen molar-refractivity contribution in [3.63, 3.8) is 0 Å². The number of hydrogen-bond acceptors (Lipinski definition) is 5. The van der Waals surface area contributed by atoms with Gasteiger partial charge in [0.2, 0.25) is 0 Å². The van der Waals surface area contributed by atoms with Crippen LogP contribution in [0.5, 0.6) is 5.75 Å². The summed E-state index contributed by atoms with van der Waals surface area (Å²) in [7, 11) is 1.60. The van der Waals surface area contributed by atoms with Crippen molar-refractivity contribution in [3.8, 4) is 5.75 Å². The van der Waals surface area contributed by atoms with Gasteiger partial charge in [-0.1, -0.05) is 18.2 Å². The van der Waals surface area contributed by atoms with Crippen LogP contribution in [-0.4, -0.2) is 41.2 Å². The third-order valence-corrected chi connectivity index (χ3v) is 4.37. The van der Waals surface area contributed by atoms with E-state index in [9.17, 15) is 9.90 Å². The molecule has 0 saturated carbocycles. The molecule has 0 saturated heterocycles. The van der Waals surface area contributed by atoms with Crippen LogP contribution in [0.15, 0.2) is 24.3 Å². The van der Waals surface area contributed by atoms with Gasteiger partial charge in [0.1, 0.15) is 10.6 Å². The third-order valence-electron chi connectivity index (χ3n) is 3.31. The van der Waals surface area contributed by atoms with Crippen molar-refractivity contribution in [2.75, 3.05) is 20.3 Å². The molecule has 0 atom stereocenters. The quantitative estimate of drug-likeness (QED) is 0.888. The Bertz CT molecular complexity index is 655. The molecule has 1 aromatic carbocycles. The molecule has 0 radical (unpaired) electrons. The van der Waals surface area contributed by atoms with E-state index < -0.39 is 0 Å². The molecule has 0 fully saturated rings. The van der Waals surface area contributed by atoms with E-state index in [2.05, 4.69) is 4.98 Å². The summed E-state index contributed by atoms with van der Waals surface area (Å²) in [5.74, 6) is 0.624. The number of aryl methyl sites for hydroxylation is 2. The number of thiazole rings is 1. The SMILES string of the molecule is COc1ccccc1CN(CCO)C(=O)c1sc(C)nc1C. The topological polar surface area (TPSA) is 62.7 Å². The van der Waals surface area contributed by atoms with Gasteiger partial charge in [-0.25, -0.2) is 4.98 Å². The van der Waals surface area contributed by atoms with Crippen molar-refractivity contribution in [1.82, 2.24) is 9.88 Å². The van der Waals surface area contributed by atoms with Crippen LogP contribution in [-0.2, 0) is 6.54 Å². The summed E-state index contributed by atoms with van der Waals surface area (Å²) in [6.07, 6.45) is 0. The molecule has 1 aromatic heterocycles. The van der Waals surface area contributed by atoms with Crippen molar-refractivity contribution in [3.05, 3.63) is 45.4 Å². The predicted molar refractivity (Wildman–Crippen MR) is 86.4 cm³/mol. The van der Waals surface area contributed by atoms with Crippen LogP contribution in [0.4, 0.5) is 0 Å². The molecule has 1 amide bonds. The number of benzene rings is 1. The van der Waals surface area contributed by atoms with E-state index >= 15 is 0 Å². The molecule has 0 unspecified atom stereocenters. The van der Waals surface area contributed by atoms with Crippen molar-refractivity contribution in [2.45, 2.75) is 20.4 Å². The number of methoxy groups -OCH3 is 1. The zero-order valence-corrected chi connectivity index (χ0v) is 13.8. The van der Waals surface area contributed by atoms with Crippen molar-refractivity contribution in [2.24, 2.45) is 0 Å². The molecule has 22 heavy (non-hydrogen) atoms. The highest BCUT2D eigenvalue weighted by molar-refractivity contribution is 7.13. The molecule has 6 heteroatoms. The lowest BCUT2D eigenvalue weighted by Crippen LogP contribution is -2.33. The number of aliphatic hydroxyl groups excluding tert-OH is 1. The van der Waals surface area contributed by atoms with Crippen LogP contribution in [0.2, 0.25) is 0 Å². The van der Waals surface area contributed by atoms with E-state index in [0.29, 0.717) is 11.4 Å². The third kappa shape index (κ3) is 3.64. The Balaban J connectivity index is 2.26. The Labute approximate surface area is 134 Å². The first kappa shape index (κ1) is 16.5. The second-order valence-corrected chi connectivity index (χ2v) is 6.11. The number of carbonyl (C=O) groups is 1. The van der Waals surface area contributed by atoms with E-state index in [-0.39, 0.29) is 19.1 Å². The van der Waals surface area contributed by atoms with E-state index in [1.807, 2.05) is 38.1 Å². The number of carbonyl (C=O) groups excluding carboxylic acids is 1. The number of amides is 1. The second-order valence-electron chi connectivity index (χ2n) is 4.91. The summed E-state index contributed by atoms with van der Waals surface area (Å²) in [6.45, 7) is 4.28. The first-order valence-electron chi connectivity index (χ1n) is 7.03. The van der Waals surface area contributed by atoms with Crippen LogP contribution >= 0.6 is 11.3 Å². The van der Waals surface area contributed by atoms with Gasteiger partial charge in [-0.05, 0) is 19.9 Å². The Morgan fingerprint density at radius 3 is 2.68 bits per heavy atom. The standard InChI is InChI=1S/C16H20N2O3S/c1-11-15(22-12(2)17-11)16(20)18(8-9-19)10-13-6-4-5-7-14(13)21-3/h4-7,19H,8-10H2,1-3H3. The van der Waals surface area contributed by atoms with Gasteiger partial charge in [0.05, 0.1) is 24.4 Å². The highest BCUT2D eigenvalue weighted by Crippen LogP contribution is 2.23. The maximum Gasteiger partial charge on any atom is 0.266 e. The number of nitrogens with zero attached hydrogens (tertiary/aromatic N) is 2. The number of para-hydroxylation sites is 1. The summed E-state index contributed by atoms with van der Waals surface area (Å²) < 4.78 is 5.33. The van der Waals surface area contributed by atoms with Crippen LogP contribution in [0.3, 0.4) is 0 Å². The van der Waals surface area contributed by atoms with Gasteiger partial charge >= 0.3 is 0 Å². The Morgan fingerprint density at radius 1 is 1.36 bits per heavy atom. The minimum Gasteiger partial charge on any atom is -0.496 e. The maximum atomic E-state index is 12.7. The molecule has 0 aliphatic heterocycles. The lowest BCUT2D eigenvalue weighted by molar-refractivity contribution is 0.0710. The highest BCUT2D eigenvalue weighted by atomic mass is 32.1. The molecule has 0 aliphatic carbocycles. The largest absolute Gasteiger partial charge is 0.496 e. The summed E-state index contributed by atoms with van der Waals surface area (Å²) in [6, 6.07) is 7.57. The molecular weight excluding hydrogens is 300 g/mol. The Hall–Kier alpha value is -1.92. The monoisotopic (exact) mass is 320 g/mol. The molecule has 0 spiro atoms. The molecule has 1 N–H and O–H groups in total. The number of rotatable bonds is 6. The number of hydrogen-bond donors (Lipinski definition) is 1. The van der Waals surface area contributed by atoms with Crippen molar-refractivity contribution in [1.29, 1.82) is 0 Å². The van der Waals surface area contributed by atoms with Crippen LogP contribution in [0.25, 0.3) is 0 Å². The first-order chi connectivity index (χ1) is 10.6. The van der Waals surface area contributed by atoms with Gasteiger partial charge in [-0.2, -0.15) is 0 Å². The zero-order chi connectivity index (χ0) is 16.1. The molecular formula is C16H20N2O3S. The summed E-state index contributed by atoms with van der Waals surface area (Å²) in [5.41, 5.74) is 1.64. The highest BCUT2D eigenvalue weighted by Gasteiger charge is 2.21. The van der Waals surface area contributed by atoms with Crippen LogP contribution < -0.4 is 4.74 Å². The molecule has 2 rings (SSSR count). The zero-order valence-electron chi connectivity index (χ0n) is 13.0. The molecule has 2 aromatic rings. The predicted octanol–water partition coefficient (Wildman–Crippen LogP) is 2.40. The fourth-order valence-corrected chi connectivity index (χ4v) is 3.17. The van der Waals surface area contributed by atoms with E-state index in [1.54, 1.807) is 12.0 Å². The minimum absolute atomic E-state index is 0.0856. The van der Waals surface area contributed by atoms with E-state index in [4.69, 9.17) is 4.74 Å². The van der Waals surface area contributed by atoms with Crippen LogP contribution in [0, 0.1) is 13.8 Å². The molecule has 1 heterocycles. The second kappa shape index (κ2) is 7.38. The van der Waals surface area contributed by atoms with Gasteiger partial charge in [0.15, 0.2) is 0 Å². The van der Waals surface area contributed by atoms with Gasteiger partial charge in [0.25, 0.3) is 5.91 Å². The molecule has 118 valence electrons. The van der Waals surface area contributed by atoms with Crippen molar-refractivity contribution < 1.29 is 14.6 Å². The molecule has 5 nitrogen and oxygen atoms in total. The average Bonchev–Trinajstić information content (AvgIpc) is 2.85. The fraction of sp³-hybridized carbons (Fsp3) is 0.375. The van der Waals surface area contributed by atoms with Gasteiger partial charge < -0.3 is 14.7 Å². The van der Waals surface area contributed by atoms with Gasteiger partial charge in [-0.15, -0.1) is 11.3 Å².